The normalized spacial score (nSPS) is 10.3. The van der Waals surface area contributed by atoms with Gasteiger partial charge in [0.2, 0.25) is 0 Å². The zero-order chi connectivity index (χ0) is 14.7. The topological polar surface area (TPSA) is 85.8 Å². The highest BCUT2D eigenvalue weighted by Gasteiger charge is 2.12. The lowest BCUT2D eigenvalue weighted by Gasteiger charge is -2.02. The Morgan fingerprint density at radius 2 is 1.95 bits per heavy atom. The number of anilines is 2. The number of aromatic nitrogens is 3. The number of pyridine rings is 1. The van der Waals surface area contributed by atoms with E-state index in [1.54, 1.807) is 29.2 Å². The third-order valence-corrected chi connectivity index (χ3v) is 2.92. The number of rotatable bonds is 3. The summed E-state index contributed by atoms with van der Waals surface area (Å²) in [6.07, 6.45) is 4.75. The number of carbonyl (C=O) groups excluding carboxylic acids is 1. The standard InChI is InChI=1S/C15H13N5O/c16-13-10-20(12-6-2-1-3-7-12)19-14(13)18-15(21)11-5-4-8-17-9-11/h1-10H,16H2,(H,18,19,21). The summed E-state index contributed by atoms with van der Waals surface area (Å²) in [7, 11) is 0. The summed E-state index contributed by atoms with van der Waals surface area (Å²) in [5, 5.41) is 6.97. The predicted octanol–water partition coefficient (Wildman–Crippen LogP) is 2.10. The molecule has 0 fully saturated rings. The van der Waals surface area contributed by atoms with Crippen LogP contribution in [0, 0.1) is 0 Å². The number of para-hydroxylation sites is 1. The summed E-state index contributed by atoms with van der Waals surface area (Å²) in [6.45, 7) is 0. The van der Waals surface area contributed by atoms with Gasteiger partial charge in [0.05, 0.1) is 23.1 Å². The number of amides is 1. The molecule has 3 aromatic rings. The molecule has 2 heterocycles. The summed E-state index contributed by atoms with van der Waals surface area (Å²) < 4.78 is 1.62. The Morgan fingerprint density at radius 1 is 1.14 bits per heavy atom. The van der Waals surface area contributed by atoms with Crippen molar-refractivity contribution in [3.05, 3.63) is 66.6 Å². The SMILES string of the molecule is Nc1cn(-c2ccccc2)nc1NC(=O)c1cccnc1. The van der Waals surface area contributed by atoms with Crippen LogP contribution in [0.4, 0.5) is 11.5 Å². The molecule has 21 heavy (non-hydrogen) atoms. The fourth-order valence-electron chi connectivity index (χ4n) is 1.87. The number of benzene rings is 1. The van der Waals surface area contributed by atoms with Crippen molar-refractivity contribution in [3.8, 4) is 5.69 Å². The highest BCUT2D eigenvalue weighted by molar-refractivity contribution is 6.04. The van der Waals surface area contributed by atoms with Gasteiger partial charge in [-0.05, 0) is 24.3 Å². The average Bonchev–Trinajstić information content (AvgIpc) is 2.90. The number of nitrogens with zero attached hydrogens (tertiary/aromatic N) is 3. The Balaban J connectivity index is 1.84. The summed E-state index contributed by atoms with van der Waals surface area (Å²) in [4.78, 5) is 16.0. The van der Waals surface area contributed by atoms with Crippen LogP contribution in [-0.2, 0) is 0 Å². The molecule has 0 spiro atoms. The van der Waals surface area contributed by atoms with E-state index in [1.807, 2.05) is 30.3 Å². The van der Waals surface area contributed by atoms with Crippen LogP contribution >= 0.6 is 0 Å². The van der Waals surface area contributed by atoms with Gasteiger partial charge in [-0.15, -0.1) is 5.10 Å². The number of nitrogens with two attached hydrogens (primary N) is 1. The van der Waals surface area contributed by atoms with Crippen molar-refractivity contribution in [2.24, 2.45) is 0 Å². The van der Waals surface area contributed by atoms with Gasteiger partial charge in [-0.3, -0.25) is 9.78 Å². The Labute approximate surface area is 121 Å². The number of hydrogen-bond acceptors (Lipinski definition) is 4. The van der Waals surface area contributed by atoms with Gasteiger partial charge in [0.15, 0.2) is 5.82 Å². The largest absolute Gasteiger partial charge is 0.394 e. The van der Waals surface area contributed by atoms with Gasteiger partial charge in [0.25, 0.3) is 5.91 Å². The average molecular weight is 279 g/mol. The number of nitrogen functional groups attached to an aromatic ring is 1. The van der Waals surface area contributed by atoms with E-state index < -0.39 is 0 Å². The molecule has 6 heteroatoms. The molecule has 0 aliphatic carbocycles. The molecular formula is C15H13N5O. The quantitative estimate of drug-likeness (QED) is 0.768. The fourth-order valence-corrected chi connectivity index (χ4v) is 1.87. The summed E-state index contributed by atoms with van der Waals surface area (Å²) >= 11 is 0. The zero-order valence-corrected chi connectivity index (χ0v) is 11.1. The first-order valence-corrected chi connectivity index (χ1v) is 6.36. The van der Waals surface area contributed by atoms with E-state index in [-0.39, 0.29) is 5.91 Å². The number of hydrogen-bond donors (Lipinski definition) is 2. The van der Waals surface area contributed by atoms with Gasteiger partial charge < -0.3 is 11.1 Å². The van der Waals surface area contributed by atoms with Crippen molar-refractivity contribution in [1.82, 2.24) is 14.8 Å². The van der Waals surface area contributed by atoms with Crippen LogP contribution in [0.15, 0.2) is 61.1 Å². The van der Waals surface area contributed by atoms with Crippen molar-refractivity contribution in [2.45, 2.75) is 0 Å². The summed E-state index contributed by atoms with van der Waals surface area (Å²) in [5.74, 6) is 0.0285. The molecule has 3 rings (SSSR count). The highest BCUT2D eigenvalue weighted by Crippen LogP contribution is 2.19. The Hall–Kier alpha value is -3.15. The first-order valence-electron chi connectivity index (χ1n) is 6.36. The van der Waals surface area contributed by atoms with Crippen molar-refractivity contribution in [1.29, 1.82) is 0 Å². The Bertz CT molecular complexity index is 752. The second-order valence-corrected chi connectivity index (χ2v) is 4.41. The minimum Gasteiger partial charge on any atom is -0.394 e. The van der Waals surface area contributed by atoms with E-state index in [9.17, 15) is 4.79 Å². The Morgan fingerprint density at radius 3 is 2.67 bits per heavy atom. The lowest BCUT2D eigenvalue weighted by atomic mass is 10.3. The van der Waals surface area contributed by atoms with Crippen LogP contribution in [-0.4, -0.2) is 20.7 Å². The van der Waals surface area contributed by atoms with Crippen molar-refractivity contribution < 1.29 is 4.79 Å². The molecular weight excluding hydrogens is 266 g/mol. The minimum absolute atomic E-state index is 0.298. The van der Waals surface area contributed by atoms with Crippen molar-refractivity contribution in [3.63, 3.8) is 0 Å². The molecule has 0 aliphatic heterocycles. The van der Waals surface area contributed by atoms with E-state index in [4.69, 9.17) is 5.73 Å². The van der Waals surface area contributed by atoms with Crippen molar-refractivity contribution in [2.75, 3.05) is 11.1 Å². The molecule has 0 bridgehead atoms. The summed E-state index contributed by atoms with van der Waals surface area (Å²) in [6, 6.07) is 12.9. The van der Waals surface area contributed by atoms with Gasteiger partial charge in [-0.1, -0.05) is 18.2 Å². The smallest absolute Gasteiger partial charge is 0.258 e. The molecule has 0 aliphatic rings. The lowest BCUT2D eigenvalue weighted by Crippen LogP contribution is -2.13. The zero-order valence-electron chi connectivity index (χ0n) is 11.1. The predicted molar refractivity (Wildman–Crippen MR) is 80.2 cm³/mol. The molecule has 0 saturated carbocycles. The molecule has 3 N–H and O–H groups in total. The third kappa shape index (κ3) is 2.74. The van der Waals surface area contributed by atoms with E-state index >= 15 is 0 Å². The van der Waals surface area contributed by atoms with Gasteiger partial charge in [0.1, 0.15) is 0 Å². The molecule has 6 nitrogen and oxygen atoms in total. The van der Waals surface area contributed by atoms with Crippen LogP contribution in [0.1, 0.15) is 10.4 Å². The molecule has 0 saturated heterocycles. The van der Waals surface area contributed by atoms with E-state index in [0.717, 1.165) is 5.69 Å². The Kier molecular flexibility index (Phi) is 3.34. The molecule has 0 atom stereocenters. The van der Waals surface area contributed by atoms with Gasteiger partial charge in [-0.25, -0.2) is 4.68 Å². The fraction of sp³-hybridized carbons (Fsp3) is 0. The maximum absolute atomic E-state index is 12.1. The number of carbonyl (C=O) groups is 1. The first-order chi connectivity index (χ1) is 10.2. The monoisotopic (exact) mass is 279 g/mol. The second-order valence-electron chi connectivity index (χ2n) is 4.41. The van der Waals surface area contributed by atoms with Gasteiger partial charge >= 0.3 is 0 Å². The number of nitrogens with one attached hydrogen (secondary N) is 1. The van der Waals surface area contributed by atoms with Crippen LogP contribution in [0.3, 0.4) is 0 Å². The molecule has 0 radical (unpaired) electrons. The molecule has 104 valence electrons. The summed E-state index contributed by atoms with van der Waals surface area (Å²) in [5.41, 5.74) is 7.61. The minimum atomic E-state index is -0.298. The second kappa shape index (κ2) is 5.46. The van der Waals surface area contributed by atoms with Crippen LogP contribution in [0.25, 0.3) is 5.69 Å². The third-order valence-electron chi connectivity index (χ3n) is 2.92. The molecule has 1 amide bonds. The van der Waals surface area contributed by atoms with Gasteiger partial charge in [0, 0.05) is 12.4 Å². The van der Waals surface area contributed by atoms with E-state index in [2.05, 4.69) is 15.4 Å². The lowest BCUT2D eigenvalue weighted by molar-refractivity contribution is 0.102. The maximum Gasteiger partial charge on any atom is 0.258 e. The first kappa shape index (κ1) is 12.9. The highest BCUT2D eigenvalue weighted by atomic mass is 16.1. The van der Waals surface area contributed by atoms with Crippen LogP contribution in [0.5, 0.6) is 0 Å². The van der Waals surface area contributed by atoms with Crippen LogP contribution in [0.2, 0.25) is 0 Å². The van der Waals surface area contributed by atoms with E-state index in [0.29, 0.717) is 17.1 Å². The van der Waals surface area contributed by atoms with Crippen molar-refractivity contribution >= 4 is 17.4 Å². The van der Waals surface area contributed by atoms with E-state index in [1.165, 1.54) is 6.20 Å². The molecule has 2 aromatic heterocycles. The van der Waals surface area contributed by atoms with Gasteiger partial charge in [-0.2, -0.15) is 0 Å². The van der Waals surface area contributed by atoms with Crippen LogP contribution < -0.4 is 11.1 Å². The molecule has 1 aromatic carbocycles. The maximum atomic E-state index is 12.1. The molecule has 0 unspecified atom stereocenters.